The predicted octanol–water partition coefficient (Wildman–Crippen LogP) is 4.90. The average Bonchev–Trinajstić information content (AvgIpc) is 3.30. The molecule has 2 heterocycles. The van der Waals surface area contributed by atoms with Gasteiger partial charge in [0.15, 0.2) is 0 Å². The van der Waals surface area contributed by atoms with Crippen LogP contribution in [0.3, 0.4) is 0 Å². The highest BCUT2D eigenvalue weighted by Gasteiger charge is 2.53. The first-order valence-corrected chi connectivity index (χ1v) is 9.15. The number of hydrogen-bond acceptors (Lipinski definition) is 3. The molecule has 1 saturated carbocycles. The van der Waals surface area contributed by atoms with Gasteiger partial charge in [-0.05, 0) is 46.6 Å². The molecule has 4 rings (SSSR count). The smallest absolute Gasteiger partial charge is 0.398 e. The number of halogens is 1. The second-order valence-electron chi connectivity index (χ2n) is 8.16. The number of H-pyrrole nitrogens is 1. The van der Waals surface area contributed by atoms with Gasteiger partial charge < -0.3 is 9.31 Å². The van der Waals surface area contributed by atoms with Crippen molar-refractivity contribution in [1.29, 1.82) is 0 Å². The Kier molecular flexibility index (Phi) is 4.08. The van der Waals surface area contributed by atoms with Crippen molar-refractivity contribution < 1.29 is 13.7 Å². The Bertz CT molecular complexity index is 825. The minimum Gasteiger partial charge on any atom is -0.398 e. The van der Waals surface area contributed by atoms with Crippen LogP contribution in [0.5, 0.6) is 0 Å². The summed E-state index contributed by atoms with van der Waals surface area (Å²) in [6, 6.07) is 9.84. The highest BCUT2D eigenvalue weighted by molar-refractivity contribution is 6.54. The van der Waals surface area contributed by atoms with Gasteiger partial charge in [0.1, 0.15) is 5.73 Å². The molecule has 0 radical (unpaired) electrons. The van der Waals surface area contributed by atoms with Crippen molar-refractivity contribution in [3.8, 4) is 11.3 Å². The fraction of sp³-hybridized carbons (Fsp3) is 0.450. The van der Waals surface area contributed by atoms with E-state index in [0.29, 0.717) is 5.92 Å². The molecule has 0 spiro atoms. The molecule has 1 saturated heterocycles. The highest BCUT2D eigenvalue weighted by Crippen LogP contribution is 2.44. The van der Waals surface area contributed by atoms with E-state index in [1.807, 2.05) is 58.0 Å². The summed E-state index contributed by atoms with van der Waals surface area (Å²) in [6.45, 7) is 7.68. The number of hydrogen-bond donors (Lipinski definition) is 1. The van der Waals surface area contributed by atoms with Crippen LogP contribution in [0.2, 0.25) is 0 Å². The Morgan fingerprint density at radius 2 is 1.77 bits per heavy atom. The van der Waals surface area contributed by atoms with Gasteiger partial charge >= 0.3 is 7.12 Å². The van der Waals surface area contributed by atoms with Crippen LogP contribution in [0, 0.1) is 0 Å². The normalized spacial score (nSPS) is 22.0. The third-order valence-corrected chi connectivity index (χ3v) is 5.63. The Labute approximate surface area is 153 Å². The molecule has 1 aliphatic heterocycles. The summed E-state index contributed by atoms with van der Waals surface area (Å²) in [7, 11) is -0.995. The highest BCUT2D eigenvalue weighted by atomic mass is 19.1. The van der Waals surface area contributed by atoms with E-state index < -0.39 is 24.0 Å². The fourth-order valence-corrected chi connectivity index (χ4v) is 3.17. The summed E-state index contributed by atoms with van der Waals surface area (Å²) in [6.07, 6.45) is 3.74. The quantitative estimate of drug-likeness (QED) is 0.795. The van der Waals surface area contributed by atoms with Crippen molar-refractivity contribution in [2.45, 2.75) is 57.7 Å². The number of aromatic nitrogens is 2. The first-order chi connectivity index (χ1) is 12.3. The Hall–Kier alpha value is -1.92. The maximum absolute atomic E-state index is 15.1. The second-order valence-corrected chi connectivity index (χ2v) is 8.16. The maximum Gasteiger partial charge on any atom is 0.525 e. The number of rotatable bonds is 4. The zero-order valence-corrected chi connectivity index (χ0v) is 15.7. The minimum atomic E-state index is -0.995. The van der Waals surface area contributed by atoms with Gasteiger partial charge in [0.2, 0.25) is 0 Å². The Morgan fingerprint density at radius 3 is 2.35 bits per heavy atom. The van der Waals surface area contributed by atoms with Crippen molar-refractivity contribution in [2.75, 3.05) is 0 Å². The maximum atomic E-state index is 15.1. The van der Waals surface area contributed by atoms with Crippen LogP contribution < -0.4 is 0 Å². The number of aromatic amines is 1. The summed E-state index contributed by atoms with van der Waals surface area (Å²) in [5.74, 6) is 0.428. The molecule has 2 aromatic rings. The van der Waals surface area contributed by atoms with Crippen molar-refractivity contribution >= 4 is 13.2 Å². The summed E-state index contributed by atoms with van der Waals surface area (Å²) in [5, 5.41) is 7.59. The minimum absolute atomic E-state index is 0.427. The molecule has 26 heavy (non-hydrogen) atoms. The van der Waals surface area contributed by atoms with Crippen molar-refractivity contribution in [1.82, 2.24) is 10.2 Å². The standard InChI is InChI=1S/C20H24BFN2O2/c1-19(2)20(3,4)26-21(25-19)16(22)12-15-17(13-8-6-5-7-9-13)23-24-18(15)14-10-11-14/h5-9,12,14H,10-11H2,1-4H3,(H,23,24). The molecule has 2 aliphatic rings. The molecule has 136 valence electrons. The van der Waals surface area contributed by atoms with Gasteiger partial charge in [-0.25, -0.2) is 4.39 Å². The number of benzene rings is 1. The van der Waals surface area contributed by atoms with Crippen LogP contribution in [-0.4, -0.2) is 28.5 Å². The van der Waals surface area contributed by atoms with Crippen LogP contribution in [0.25, 0.3) is 17.3 Å². The molecule has 0 amide bonds. The van der Waals surface area contributed by atoms with Crippen LogP contribution in [0.4, 0.5) is 4.39 Å². The summed E-state index contributed by atoms with van der Waals surface area (Å²) in [5.41, 5.74) is 1.95. The first kappa shape index (κ1) is 17.5. The summed E-state index contributed by atoms with van der Waals surface area (Å²) < 4.78 is 26.8. The van der Waals surface area contributed by atoms with Gasteiger partial charge in [-0.2, -0.15) is 5.10 Å². The largest absolute Gasteiger partial charge is 0.525 e. The lowest BCUT2D eigenvalue weighted by Crippen LogP contribution is -2.41. The van der Waals surface area contributed by atoms with Gasteiger partial charge in [-0.15, -0.1) is 0 Å². The molecule has 1 aromatic carbocycles. The molecule has 1 aromatic heterocycles. The summed E-state index contributed by atoms with van der Waals surface area (Å²) in [4.78, 5) is 0. The van der Waals surface area contributed by atoms with Gasteiger partial charge in [0, 0.05) is 22.7 Å². The van der Waals surface area contributed by atoms with E-state index in [2.05, 4.69) is 10.2 Å². The van der Waals surface area contributed by atoms with E-state index in [1.165, 1.54) is 6.08 Å². The van der Waals surface area contributed by atoms with E-state index in [-0.39, 0.29) is 0 Å². The molecule has 1 aliphatic carbocycles. The van der Waals surface area contributed by atoms with E-state index in [9.17, 15) is 0 Å². The topological polar surface area (TPSA) is 47.1 Å². The zero-order chi connectivity index (χ0) is 18.5. The van der Waals surface area contributed by atoms with Gasteiger partial charge in [-0.1, -0.05) is 30.3 Å². The van der Waals surface area contributed by atoms with Crippen LogP contribution >= 0.6 is 0 Å². The van der Waals surface area contributed by atoms with E-state index in [0.717, 1.165) is 35.4 Å². The van der Waals surface area contributed by atoms with Gasteiger partial charge in [0.25, 0.3) is 0 Å². The molecule has 0 bridgehead atoms. The van der Waals surface area contributed by atoms with Crippen molar-refractivity contribution in [3.05, 3.63) is 47.3 Å². The van der Waals surface area contributed by atoms with Crippen LogP contribution in [-0.2, 0) is 9.31 Å². The van der Waals surface area contributed by atoms with Crippen molar-refractivity contribution in [3.63, 3.8) is 0 Å². The molecular formula is C20H24BFN2O2. The van der Waals surface area contributed by atoms with E-state index in [4.69, 9.17) is 9.31 Å². The Balaban J connectivity index is 1.71. The predicted molar refractivity (Wildman–Crippen MR) is 101 cm³/mol. The zero-order valence-electron chi connectivity index (χ0n) is 15.7. The molecule has 0 unspecified atom stereocenters. The SMILES string of the molecule is CC1(C)OB(C(F)=Cc2c(-c3ccccc3)n[nH]c2C2CC2)OC1(C)C. The van der Waals surface area contributed by atoms with Crippen LogP contribution in [0.1, 0.15) is 57.7 Å². The molecule has 6 heteroatoms. The van der Waals surface area contributed by atoms with E-state index >= 15 is 4.39 Å². The van der Waals surface area contributed by atoms with Gasteiger partial charge in [0.05, 0.1) is 16.9 Å². The first-order valence-electron chi connectivity index (χ1n) is 9.15. The Morgan fingerprint density at radius 1 is 1.15 bits per heavy atom. The number of nitrogens with one attached hydrogen (secondary N) is 1. The third-order valence-electron chi connectivity index (χ3n) is 5.63. The molecule has 4 nitrogen and oxygen atoms in total. The van der Waals surface area contributed by atoms with E-state index in [1.54, 1.807) is 0 Å². The van der Waals surface area contributed by atoms with Crippen LogP contribution in [0.15, 0.2) is 36.1 Å². The number of nitrogens with zero attached hydrogens (tertiary/aromatic N) is 1. The monoisotopic (exact) mass is 354 g/mol. The average molecular weight is 354 g/mol. The molecule has 0 atom stereocenters. The third kappa shape index (κ3) is 3.01. The lowest BCUT2D eigenvalue weighted by atomic mass is 9.86. The fourth-order valence-electron chi connectivity index (χ4n) is 3.17. The molecular weight excluding hydrogens is 330 g/mol. The van der Waals surface area contributed by atoms with Crippen molar-refractivity contribution in [2.24, 2.45) is 0 Å². The lowest BCUT2D eigenvalue weighted by Gasteiger charge is -2.32. The molecule has 1 N–H and O–H groups in total. The second kappa shape index (κ2) is 6.07. The molecule has 2 fully saturated rings. The lowest BCUT2D eigenvalue weighted by molar-refractivity contribution is 0.00578. The van der Waals surface area contributed by atoms with Gasteiger partial charge in [-0.3, -0.25) is 5.10 Å². The summed E-state index contributed by atoms with van der Waals surface area (Å²) >= 11 is 0.